The number of para-hydroxylation sites is 1. The predicted octanol–water partition coefficient (Wildman–Crippen LogP) is 3.27. The molecule has 5 rings (SSSR count). The van der Waals surface area contributed by atoms with Crippen molar-refractivity contribution in [1.82, 2.24) is 15.8 Å². The van der Waals surface area contributed by atoms with Crippen LogP contribution in [-0.4, -0.2) is 47.0 Å². The number of nitrogens with one attached hydrogen (secondary N) is 2. The van der Waals surface area contributed by atoms with Gasteiger partial charge in [-0.1, -0.05) is 18.2 Å². The van der Waals surface area contributed by atoms with E-state index in [1.54, 1.807) is 29.7 Å². The normalized spacial score (nSPS) is 20.8. The lowest BCUT2D eigenvalue weighted by molar-refractivity contribution is -0.263. The third-order valence-corrected chi connectivity index (χ3v) is 6.77. The van der Waals surface area contributed by atoms with Crippen molar-refractivity contribution in [2.75, 3.05) is 13.2 Å². The van der Waals surface area contributed by atoms with E-state index in [2.05, 4.69) is 10.3 Å². The topological polar surface area (TPSA) is 119 Å². The molecule has 2 fully saturated rings. The van der Waals surface area contributed by atoms with Crippen molar-refractivity contribution in [3.05, 3.63) is 71.4 Å². The van der Waals surface area contributed by atoms with Gasteiger partial charge in [0.15, 0.2) is 5.79 Å². The first-order chi connectivity index (χ1) is 17.5. The Balaban J connectivity index is 1.24. The highest BCUT2D eigenvalue weighted by Crippen LogP contribution is 2.40. The van der Waals surface area contributed by atoms with Crippen LogP contribution < -0.4 is 15.5 Å². The van der Waals surface area contributed by atoms with Crippen LogP contribution in [0.4, 0.5) is 0 Å². The minimum absolute atomic E-state index is 0.264. The number of fused-ring (bicyclic) bond motifs is 1. The summed E-state index contributed by atoms with van der Waals surface area (Å²) in [5.41, 5.74) is 5.02. The van der Waals surface area contributed by atoms with Crippen LogP contribution in [0.3, 0.4) is 0 Å². The van der Waals surface area contributed by atoms with Gasteiger partial charge in [-0.3, -0.25) is 19.8 Å². The molecule has 1 saturated heterocycles. The van der Waals surface area contributed by atoms with Crippen LogP contribution in [0.1, 0.15) is 40.9 Å². The highest BCUT2D eigenvalue weighted by molar-refractivity contribution is 5.95. The van der Waals surface area contributed by atoms with E-state index < -0.39 is 23.7 Å². The van der Waals surface area contributed by atoms with Crippen molar-refractivity contribution in [3.8, 4) is 5.75 Å². The van der Waals surface area contributed by atoms with Crippen LogP contribution in [0.2, 0.25) is 0 Å². The van der Waals surface area contributed by atoms with Gasteiger partial charge in [-0.15, -0.1) is 0 Å². The number of hydroxylamine groups is 1. The number of nitrogens with zero attached hydrogens (tertiary/aromatic N) is 1. The molecule has 1 saturated carbocycles. The Morgan fingerprint density at radius 3 is 2.61 bits per heavy atom. The van der Waals surface area contributed by atoms with E-state index in [1.807, 2.05) is 37.3 Å². The number of pyridine rings is 1. The average molecular weight is 492 g/mol. The Morgan fingerprint density at radius 1 is 1.11 bits per heavy atom. The molecule has 2 aromatic carbocycles. The Kier molecular flexibility index (Phi) is 6.86. The number of rotatable bonds is 6. The average Bonchev–Trinajstić information content (AvgIpc) is 3.24. The van der Waals surface area contributed by atoms with E-state index in [4.69, 9.17) is 14.2 Å². The molecule has 1 aliphatic heterocycles. The Bertz CT molecular complexity index is 1260. The van der Waals surface area contributed by atoms with Gasteiger partial charge in [-0.2, -0.15) is 0 Å². The molecule has 2 atom stereocenters. The summed E-state index contributed by atoms with van der Waals surface area (Å²) in [5.74, 6) is -1.85. The minimum Gasteiger partial charge on any atom is -0.489 e. The minimum atomic E-state index is -0.916. The van der Waals surface area contributed by atoms with Crippen molar-refractivity contribution in [3.63, 3.8) is 0 Å². The second-order valence-electron chi connectivity index (χ2n) is 9.28. The lowest BCUT2D eigenvalue weighted by Crippen LogP contribution is -2.43. The van der Waals surface area contributed by atoms with Gasteiger partial charge in [0.1, 0.15) is 12.4 Å². The zero-order valence-corrected chi connectivity index (χ0v) is 20.0. The molecule has 2 aliphatic rings. The molecule has 1 spiro atoms. The van der Waals surface area contributed by atoms with E-state index >= 15 is 0 Å². The summed E-state index contributed by atoms with van der Waals surface area (Å²) < 4.78 is 17.6. The summed E-state index contributed by atoms with van der Waals surface area (Å²) in [6, 6.07) is 16.3. The Morgan fingerprint density at radius 2 is 1.86 bits per heavy atom. The highest BCUT2D eigenvalue weighted by atomic mass is 16.7. The number of carbonyl (C=O) groups is 2. The number of hydrogen-bond acceptors (Lipinski definition) is 7. The van der Waals surface area contributed by atoms with Crippen LogP contribution >= 0.6 is 0 Å². The third-order valence-electron chi connectivity index (χ3n) is 6.77. The number of carbonyl (C=O) groups excluding carboxylic acids is 2. The maximum Gasteiger partial charge on any atom is 0.251 e. The molecule has 0 unspecified atom stereocenters. The summed E-state index contributed by atoms with van der Waals surface area (Å²) >= 11 is 0. The molecular formula is C27H29N3O6. The van der Waals surface area contributed by atoms with Gasteiger partial charge in [0.25, 0.3) is 5.91 Å². The Hall–Kier alpha value is -3.53. The number of amides is 2. The van der Waals surface area contributed by atoms with E-state index in [1.165, 1.54) is 0 Å². The van der Waals surface area contributed by atoms with E-state index in [0.717, 1.165) is 28.6 Å². The lowest BCUT2D eigenvalue weighted by atomic mass is 10.0. The van der Waals surface area contributed by atoms with Crippen molar-refractivity contribution in [2.24, 2.45) is 5.92 Å². The largest absolute Gasteiger partial charge is 0.489 e. The van der Waals surface area contributed by atoms with E-state index in [9.17, 15) is 14.8 Å². The fourth-order valence-electron chi connectivity index (χ4n) is 5.03. The van der Waals surface area contributed by atoms with Gasteiger partial charge in [-0.05, 0) is 49.7 Å². The van der Waals surface area contributed by atoms with Crippen LogP contribution in [-0.2, 0) is 20.9 Å². The second-order valence-corrected chi connectivity index (χ2v) is 9.28. The van der Waals surface area contributed by atoms with Gasteiger partial charge in [-0.25, -0.2) is 5.48 Å². The fraction of sp³-hybridized carbons (Fsp3) is 0.370. The lowest BCUT2D eigenvalue weighted by Gasteiger charge is -2.33. The molecule has 2 amide bonds. The van der Waals surface area contributed by atoms with Crippen LogP contribution in [0.25, 0.3) is 10.9 Å². The van der Waals surface area contributed by atoms with Gasteiger partial charge in [0, 0.05) is 41.1 Å². The first kappa shape index (κ1) is 24.2. The molecule has 3 N–H and O–H groups in total. The number of aryl methyl sites for hydroxylation is 1. The molecule has 3 aromatic rings. The van der Waals surface area contributed by atoms with Crippen molar-refractivity contribution in [1.29, 1.82) is 0 Å². The quantitative estimate of drug-likeness (QED) is 0.358. The zero-order chi connectivity index (χ0) is 25.1. The molecule has 0 bridgehead atoms. The first-order valence-electron chi connectivity index (χ1n) is 12.1. The maximum absolute atomic E-state index is 13.0. The molecule has 2 heterocycles. The number of hydrogen-bond donors (Lipinski definition) is 3. The monoisotopic (exact) mass is 491 g/mol. The molecule has 0 radical (unpaired) electrons. The van der Waals surface area contributed by atoms with E-state index in [-0.39, 0.29) is 12.3 Å². The number of aromatic nitrogens is 1. The number of ether oxygens (including phenoxy) is 3. The van der Waals surface area contributed by atoms with Crippen LogP contribution in [0.5, 0.6) is 5.75 Å². The summed E-state index contributed by atoms with van der Waals surface area (Å²) in [4.78, 5) is 29.8. The predicted molar refractivity (Wildman–Crippen MR) is 130 cm³/mol. The highest BCUT2D eigenvalue weighted by Gasteiger charge is 2.51. The van der Waals surface area contributed by atoms with Crippen LogP contribution in [0.15, 0.2) is 54.6 Å². The summed E-state index contributed by atoms with van der Waals surface area (Å²) in [6.45, 7) is 3.39. The molecule has 1 aliphatic carbocycles. The molecular weight excluding hydrogens is 462 g/mol. The van der Waals surface area contributed by atoms with Crippen molar-refractivity contribution >= 4 is 22.7 Å². The zero-order valence-electron chi connectivity index (χ0n) is 20.0. The van der Waals surface area contributed by atoms with E-state index in [0.29, 0.717) is 37.6 Å². The third kappa shape index (κ3) is 5.04. The van der Waals surface area contributed by atoms with Gasteiger partial charge in [0.2, 0.25) is 5.91 Å². The van der Waals surface area contributed by atoms with Crippen molar-refractivity contribution in [2.45, 2.75) is 44.6 Å². The van der Waals surface area contributed by atoms with Gasteiger partial charge in [0.05, 0.1) is 24.6 Å². The summed E-state index contributed by atoms with van der Waals surface area (Å²) in [7, 11) is 0. The smallest absolute Gasteiger partial charge is 0.251 e. The molecule has 1 aromatic heterocycles. The fourth-order valence-corrected chi connectivity index (χ4v) is 5.03. The second kappa shape index (κ2) is 10.2. The molecule has 9 nitrogen and oxygen atoms in total. The molecule has 188 valence electrons. The first-order valence-corrected chi connectivity index (χ1v) is 12.1. The standard InChI is InChI=1S/C27H29N3O6/c1-17-13-19(21-5-2-3-6-23(21)28-17)16-34-20-9-7-18(8-10-20)25(31)29-24-15-27(35-11-4-12-36-27)14-22(24)26(32)30-33/h2-3,5-10,13,22,24,33H,4,11-12,14-16H2,1H3,(H,29,31)(H,30,32)/t22-,24+/m0/s1. The Labute approximate surface area is 208 Å². The SMILES string of the molecule is Cc1cc(COc2ccc(C(=O)N[C@@H]3CC4(C[C@@H]3C(=O)NO)OCCCO4)cc2)c2ccccc2n1. The van der Waals surface area contributed by atoms with Crippen molar-refractivity contribution < 1.29 is 29.0 Å². The maximum atomic E-state index is 13.0. The summed E-state index contributed by atoms with van der Waals surface area (Å²) in [5, 5.41) is 13.1. The molecule has 36 heavy (non-hydrogen) atoms. The van der Waals surface area contributed by atoms with Gasteiger partial charge >= 0.3 is 0 Å². The number of benzene rings is 2. The van der Waals surface area contributed by atoms with Crippen LogP contribution in [0, 0.1) is 12.8 Å². The summed E-state index contributed by atoms with van der Waals surface area (Å²) in [6.07, 6.45) is 1.37. The molecule has 9 heteroatoms. The van der Waals surface area contributed by atoms with Gasteiger partial charge < -0.3 is 19.5 Å².